The molecule has 0 saturated carbocycles. The third-order valence-corrected chi connectivity index (χ3v) is 5.22. The molecule has 1 spiro atoms. The number of amides is 4. The molecule has 2 N–H and O–H groups in total. The Hall–Kier alpha value is -2.94. The molecule has 0 aliphatic carbocycles. The third-order valence-electron chi connectivity index (χ3n) is 5.22. The van der Waals surface area contributed by atoms with Crippen LogP contribution in [-0.2, 0) is 9.59 Å². The number of hydrogen-bond acceptors (Lipinski definition) is 7. The molecule has 2 fully saturated rings. The monoisotopic (exact) mass is 357 g/mol. The molecule has 134 valence electrons. The van der Waals surface area contributed by atoms with Crippen molar-refractivity contribution in [1.82, 2.24) is 15.5 Å². The Morgan fingerprint density at radius 3 is 2.35 bits per heavy atom. The van der Waals surface area contributed by atoms with Crippen molar-refractivity contribution in [3.63, 3.8) is 0 Å². The highest BCUT2D eigenvalue weighted by molar-refractivity contribution is 6.23. The zero-order chi connectivity index (χ0) is 18.1. The molecule has 9 heteroatoms. The second-order valence-electron chi connectivity index (χ2n) is 6.97. The molecule has 4 aliphatic heterocycles. The Bertz CT molecular complexity index is 891. The lowest BCUT2D eigenvalue weighted by Crippen LogP contribution is -2.67. The zero-order valence-corrected chi connectivity index (χ0v) is 13.7. The summed E-state index contributed by atoms with van der Waals surface area (Å²) in [6.45, 7) is 1.67. The number of rotatable bonds is 1. The van der Waals surface area contributed by atoms with Gasteiger partial charge in [0.05, 0.1) is 11.1 Å². The van der Waals surface area contributed by atoms with Gasteiger partial charge in [-0.3, -0.25) is 29.4 Å². The van der Waals surface area contributed by atoms with E-state index in [0.717, 1.165) is 4.90 Å². The predicted molar refractivity (Wildman–Crippen MR) is 84.8 cm³/mol. The Labute approximate surface area is 147 Å². The first kappa shape index (κ1) is 15.3. The number of benzene rings is 1. The second-order valence-corrected chi connectivity index (χ2v) is 6.97. The molecule has 0 radical (unpaired) electrons. The average Bonchev–Trinajstić information content (AvgIpc) is 2.82. The Kier molecular flexibility index (Phi) is 2.97. The van der Waals surface area contributed by atoms with Gasteiger partial charge in [0, 0.05) is 19.5 Å². The summed E-state index contributed by atoms with van der Waals surface area (Å²) in [5, 5.41) is 5.30. The predicted octanol–water partition coefficient (Wildman–Crippen LogP) is -0.799. The minimum absolute atomic E-state index is 0.0854. The summed E-state index contributed by atoms with van der Waals surface area (Å²) in [7, 11) is 0. The van der Waals surface area contributed by atoms with Crippen LogP contribution in [-0.4, -0.2) is 59.9 Å². The van der Waals surface area contributed by atoms with Crippen molar-refractivity contribution in [1.29, 1.82) is 0 Å². The van der Waals surface area contributed by atoms with E-state index >= 15 is 0 Å². The van der Waals surface area contributed by atoms with E-state index in [9.17, 15) is 19.2 Å². The first-order valence-corrected chi connectivity index (χ1v) is 8.40. The molecule has 1 unspecified atom stereocenters. The van der Waals surface area contributed by atoms with Crippen LogP contribution in [0.5, 0.6) is 11.5 Å². The van der Waals surface area contributed by atoms with Crippen molar-refractivity contribution in [2.45, 2.75) is 24.5 Å². The van der Waals surface area contributed by atoms with Crippen LogP contribution in [0.3, 0.4) is 0 Å². The van der Waals surface area contributed by atoms with Gasteiger partial charge in [-0.25, -0.2) is 0 Å². The summed E-state index contributed by atoms with van der Waals surface area (Å²) in [5.41, 5.74) is -0.0629. The fraction of sp³-hybridized carbons (Fsp3) is 0.412. The Balaban J connectivity index is 1.49. The number of fused-ring (bicyclic) bond motifs is 2. The van der Waals surface area contributed by atoms with Crippen LogP contribution in [0.4, 0.5) is 0 Å². The minimum Gasteiger partial charge on any atom is -0.485 e. The molecule has 2 saturated heterocycles. The molecule has 1 aromatic rings. The number of carbonyl (C=O) groups is 4. The fourth-order valence-electron chi connectivity index (χ4n) is 3.72. The lowest BCUT2D eigenvalue weighted by molar-refractivity contribution is -0.136. The van der Waals surface area contributed by atoms with E-state index in [1.54, 1.807) is 0 Å². The van der Waals surface area contributed by atoms with Gasteiger partial charge in [0.2, 0.25) is 11.8 Å². The largest absolute Gasteiger partial charge is 0.485 e. The van der Waals surface area contributed by atoms with Crippen molar-refractivity contribution in [2.24, 2.45) is 0 Å². The quantitative estimate of drug-likeness (QED) is 0.633. The molecule has 1 atom stereocenters. The van der Waals surface area contributed by atoms with Crippen LogP contribution < -0.4 is 20.1 Å². The van der Waals surface area contributed by atoms with Crippen molar-refractivity contribution in [2.75, 3.05) is 19.7 Å². The standard InChI is InChI=1S/C17H15N3O6/c21-13-2-1-10(14(22)19-13)20-15(23)8-3-11-12(4-9(8)16(20)24)26-17(7-25-11)5-18-6-17/h3-4,10,18H,1-2,5-7H2,(H,19,21,22). The highest BCUT2D eigenvalue weighted by atomic mass is 16.6. The summed E-state index contributed by atoms with van der Waals surface area (Å²) in [6, 6.07) is 2.02. The maximum absolute atomic E-state index is 12.8. The molecule has 5 rings (SSSR count). The van der Waals surface area contributed by atoms with Crippen molar-refractivity contribution in [3.8, 4) is 11.5 Å². The van der Waals surface area contributed by atoms with Gasteiger partial charge in [0.1, 0.15) is 12.6 Å². The van der Waals surface area contributed by atoms with E-state index in [0.29, 0.717) is 31.2 Å². The summed E-state index contributed by atoms with van der Waals surface area (Å²) in [5.74, 6) is -1.32. The van der Waals surface area contributed by atoms with E-state index in [2.05, 4.69) is 10.6 Å². The number of ether oxygens (including phenoxy) is 2. The third kappa shape index (κ3) is 2.00. The van der Waals surface area contributed by atoms with Crippen LogP contribution in [0.25, 0.3) is 0 Å². The number of piperidine rings is 1. The van der Waals surface area contributed by atoms with Gasteiger partial charge in [-0.2, -0.15) is 0 Å². The molecule has 26 heavy (non-hydrogen) atoms. The molecule has 0 aromatic heterocycles. The molecule has 1 aromatic carbocycles. The van der Waals surface area contributed by atoms with Crippen LogP contribution in [0, 0.1) is 0 Å². The number of carbonyl (C=O) groups excluding carboxylic acids is 4. The normalized spacial score (nSPS) is 25.8. The van der Waals surface area contributed by atoms with E-state index in [-0.39, 0.29) is 24.0 Å². The van der Waals surface area contributed by atoms with Crippen molar-refractivity contribution >= 4 is 23.6 Å². The van der Waals surface area contributed by atoms with Crippen LogP contribution in [0.15, 0.2) is 12.1 Å². The zero-order valence-electron chi connectivity index (χ0n) is 13.7. The number of hydrogen-bond donors (Lipinski definition) is 2. The average molecular weight is 357 g/mol. The SMILES string of the molecule is O=C1CCC(N2C(=O)c3cc4c(cc3C2=O)OC2(CNC2)CO4)C(=O)N1. The van der Waals surface area contributed by atoms with E-state index < -0.39 is 35.3 Å². The van der Waals surface area contributed by atoms with Crippen LogP contribution >= 0.6 is 0 Å². The molecular weight excluding hydrogens is 342 g/mol. The summed E-state index contributed by atoms with van der Waals surface area (Å²) in [4.78, 5) is 49.9. The molecule has 0 bridgehead atoms. The summed E-state index contributed by atoms with van der Waals surface area (Å²) in [6.07, 6.45) is 0.208. The van der Waals surface area contributed by atoms with Gasteiger partial charge in [0.25, 0.3) is 11.8 Å². The number of nitrogens with zero attached hydrogens (tertiary/aromatic N) is 1. The van der Waals surface area contributed by atoms with Crippen molar-refractivity contribution < 1.29 is 28.7 Å². The molecule has 4 amide bonds. The molecular formula is C17H15N3O6. The van der Waals surface area contributed by atoms with Gasteiger partial charge < -0.3 is 14.8 Å². The minimum atomic E-state index is -0.985. The number of imide groups is 2. The highest BCUT2D eigenvalue weighted by Gasteiger charge is 2.48. The lowest BCUT2D eigenvalue weighted by atomic mass is 9.96. The lowest BCUT2D eigenvalue weighted by Gasteiger charge is -2.45. The van der Waals surface area contributed by atoms with E-state index in [4.69, 9.17) is 9.47 Å². The molecule has 4 heterocycles. The van der Waals surface area contributed by atoms with Gasteiger partial charge >= 0.3 is 0 Å². The maximum atomic E-state index is 12.8. The Morgan fingerprint density at radius 2 is 1.73 bits per heavy atom. The van der Waals surface area contributed by atoms with E-state index in [1.807, 2.05) is 0 Å². The van der Waals surface area contributed by atoms with Gasteiger partial charge in [-0.1, -0.05) is 0 Å². The first-order valence-electron chi connectivity index (χ1n) is 8.40. The number of nitrogens with one attached hydrogen (secondary N) is 2. The van der Waals surface area contributed by atoms with Crippen LogP contribution in [0.2, 0.25) is 0 Å². The van der Waals surface area contributed by atoms with Gasteiger partial charge in [-0.15, -0.1) is 0 Å². The summed E-state index contributed by atoms with van der Waals surface area (Å²) >= 11 is 0. The molecule has 4 aliphatic rings. The first-order chi connectivity index (χ1) is 12.5. The van der Waals surface area contributed by atoms with Crippen molar-refractivity contribution in [3.05, 3.63) is 23.3 Å². The van der Waals surface area contributed by atoms with Gasteiger partial charge in [0.15, 0.2) is 17.1 Å². The Morgan fingerprint density at radius 1 is 1.04 bits per heavy atom. The molecule has 9 nitrogen and oxygen atoms in total. The summed E-state index contributed by atoms with van der Waals surface area (Å²) < 4.78 is 11.7. The van der Waals surface area contributed by atoms with Gasteiger partial charge in [-0.05, 0) is 18.6 Å². The van der Waals surface area contributed by atoms with E-state index in [1.165, 1.54) is 12.1 Å². The highest BCUT2D eigenvalue weighted by Crippen LogP contribution is 2.41. The smallest absolute Gasteiger partial charge is 0.262 e. The fourth-order valence-corrected chi connectivity index (χ4v) is 3.72. The topological polar surface area (TPSA) is 114 Å². The second kappa shape index (κ2) is 5.04. The maximum Gasteiger partial charge on any atom is 0.262 e. The van der Waals surface area contributed by atoms with Crippen LogP contribution in [0.1, 0.15) is 33.6 Å².